The molecule has 2 aromatic rings. The third kappa shape index (κ3) is 4.26. The minimum absolute atomic E-state index is 0.0905. The Labute approximate surface area is 143 Å². The third-order valence-electron chi connectivity index (χ3n) is 3.17. The van der Waals surface area contributed by atoms with E-state index in [1.807, 2.05) is 6.92 Å². The standard InChI is InChI=1S/C17H19NO5S/c1-3-5-13-9-14(17(22)23-4-2)16(24-13)18-15(21)10-6-11(19)8-12(20)7-10/h6-9,19-20H,3-5H2,1-2H3,(H,18,21). The number of esters is 1. The van der Waals surface area contributed by atoms with Gasteiger partial charge < -0.3 is 20.3 Å². The molecule has 0 aliphatic heterocycles. The summed E-state index contributed by atoms with van der Waals surface area (Å²) in [4.78, 5) is 25.4. The maximum atomic E-state index is 12.3. The Morgan fingerprint density at radius 3 is 2.38 bits per heavy atom. The van der Waals surface area contributed by atoms with Crippen LogP contribution in [-0.4, -0.2) is 28.7 Å². The van der Waals surface area contributed by atoms with Crippen LogP contribution in [0, 0.1) is 0 Å². The van der Waals surface area contributed by atoms with Crippen molar-refractivity contribution in [2.75, 3.05) is 11.9 Å². The maximum absolute atomic E-state index is 12.3. The summed E-state index contributed by atoms with van der Waals surface area (Å²) in [6.45, 7) is 3.98. The molecule has 1 amide bonds. The monoisotopic (exact) mass is 349 g/mol. The van der Waals surface area contributed by atoms with E-state index in [0.717, 1.165) is 23.8 Å². The number of nitrogens with one attached hydrogen (secondary N) is 1. The van der Waals surface area contributed by atoms with Gasteiger partial charge in [-0.25, -0.2) is 4.79 Å². The van der Waals surface area contributed by atoms with Crippen molar-refractivity contribution in [3.63, 3.8) is 0 Å². The van der Waals surface area contributed by atoms with Crippen LogP contribution in [0.5, 0.6) is 11.5 Å². The molecular formula is C17H19NO5S. The summed E-state index contributed by atoms with van der Waals surface area (Å²) in [5.41, 5.74) is 0.399. The molecule has 128 valence electrons. The van der Waals surface area contributed by atoms with Gasteiger partial charge >= 0.3 is 5.97 Å². The fourth-order valence-electron chi connectivity index (χ4n) is 2.17. The van der Waals surface area contributed by atoms with E-state index in [0.29, 0.717) is 10.6 Å². The predicted molar refractivity (Wildman–Crippen MR) is 92.0 cm³/mol. The Kier molecular flexibility index (Phi) is 5.81. The number of aryl methyl sites for hydroxylation is 1. The molecule has 0 saturated carbocycles. The van der Waals surface area contributed by atoms with Crippen LogP contribution in [0.4, 0.5) is 5.00 Å². The van der Waals surface area contributed by atoms with E-state index in [1.54, 1.807) is 13.0 Å². The van der Waals surface area contributed by atoms with Gasteiger partial charge in [0.2, 0.25) is 0 Å². The molecular weight excluding hydrogens is 330 g/mol. The molecule has 24 heavy (non-hydrogen) atoms. The number of anilines is 1. The second-order valence-corrected chi connectivity index (χ2v) is 6.25. The molecule has 2 rings (SSSR count). The number of phenolic OH excluding ortho intramolecular Hbond substituents is 2. The van der Waals surface area contributed by atoms with E-state index >= 15 is 0 Å². The van der Waals surface area contributed by atoms with E-state index in [4.69, 9.17) is 4.74 Å². The lowest BCUT2D eigenvalue weighted by molar-refractivity contribution is 0.0528. The van der Waals surface area contributed by atoms with Gasteiger partial charge in [0, 0.05) is 16.5 Å². The predicted octanol–water partition coefficient (Wildman–Crippen LogP) is 3.54. The van der Waals surface area contributed by atoms with Crippen LogP contribution >= 0.6 is 11.3 Å². The average molecular weight is 349 g/mol. The van der Waals surface area contributed by atoms with Gasteiger partial charge in [-0.15, -0.1) is 11.3 Å². The zero-order valence-corrected chi connectivity index (χ0v) is 14.3. The van der Waals surface area contributed by atoms with Gasteiger partial charge in [0.05, 0.1) is 12.2 Å². The number of amides is 1. The SMILES string of the molecule is CCCc1cc(C(=O)OCC)c(NC(=O)c2cc(O)cc(O)c2)s1. The average Bonchev–Trinajstić information content (AvgIpc) is 2.89. The molecule has 7 heteroatoms. The molecule has 0 radical (unpaired) electrons. The number of rotatable bonds is 6. The number of thiophene rings is 1. The molecule has 0 bridgehead atoms. The highest BCUT2D eigenvalue weighted by atomic mass is 32.1. The summed E-state index contributed by atoms with van der Waals surface area (Å²) in [5, 5.41) is 22.0. The number of hydrogen-bond acceptors (Lipinski definition) is 6. The minimum Gasteiger partial charge on any atom is -0.508 e. The van der Waals surface area contributed by atoms with Gasteiger partial charge in [0.1, 0.15) is 16.5 Å². The van der Waals surface area contributed by atoms with Crippen LogP contribution in [0.3, 0.4) is 0 Å². The fraction of sp³-hybridized carbons (Fsp3) is 0.294. The van der Waals surface area contributed by atoms with E-state index in [-0.39, 0.29) is 23.7 Å². The van der Waals surface area contributed by atoms with Crippen LogP contribution in [0.1, 0.15) is 45.9 Å². The number of carbonyl (C=O) groups is 2. The molecule has 6 nitrogen and oxygen atoms in total. The van der Waals surface area contributed by atoms with E-state index in [9.17, 15) is 19.8 Å². The van der Waals surface area contributed by atoms with Crippen LogP contribution in [0.15, 0.2) is 24.3 Å². The number of phenols is 2. The van der Waals surface area contributed by atoms with Gasteiger partial charge in [-0.05, 0) is 31.5 Å². The first-order valence-corrected chi connectivity index (χ1v) is 8.40. The van der Waals surface area contributed by atoms with Crippen molar-refractivity contribution in [2.45, 2.75) is 26.7 Å². The molecule has 0 atom stereocenters. The molecule has 0 aliphatic rings. The Bertz CT molecular complexity index is 733. The van der Waals surface area contributed by atoms with Crippen LogP contribution in [0.2, 0.25) is 0 Å². The van der Waals surface area contributed by atoms with Crippen molar-refractivity contribution in [1.82, 2.24) is 0 Å². The second-order valence-electron chi connectivity index (χ2n) is 5.12. The maximum Gasteiger partial charge on any atom is 0.341 e. The van der Waals surface area contributed by atoms with Crippen LogP contribution in [-0.2, 0) is 11.2 Å². The molecule has 0 aliphatic carbocycles. The highest BCUT2D eigenvalue weighted by Gasteiger charge is 2.20. The first kappa shape index (κ1) is 17.8. The quantitative estimate of drug-likeness (QED) is 0.693. The van der Waals surface area contributed by atoms with Crippen molar-refractivity contribution >= 4 is 28.2 Å². The Balaban J connectivity index is 2.29. The molecule has 1 aromatic heterocycles. The number of hydrogen-bond donors (Lipinski definition) is 3. The number of ether oxygens (including phenoxy) is 1. The summed E-state index contributed by atoms with van der Waals surface area (Å²) in [5.74, 6) is -1.46. The third-order valence-corrected chi connectivity index (χ3v) is 4.28. The van der Waals surface area contributed by atoms with E-state index in [2.05, 4.69) is 5.32 Å². The second kappa shape index (κ2) is 7.83. The fourth-order valence-corrected chi connectivity index (χ4v) is 3.31. The molecule has 3 N–H and O–H groups in total. The summed E-state index contributed by atoms with van der Waals surface area (Å²) in [7, 11) is 0. The van der Waals surface area contributed by atoms with Gasteiger partial charge in [0.25, 0.3) is 5.91 Å². The topological polar surface area (TPSA) is 95.9 Å². The van der Waals surface area contributed by atoms with Gasteiger partial charge in [-0.2, -0.15) is 0 Å². The zero-order chi connectivity index (χ0) is 17.7. The lowest BCUT2D eigenvalue weighted by atomic mass is 10.2. The lowest BCUT2D eigenvalue weighted by Gasteiger charge is -2.07. The Morgan fingerprint density at radius 2 is 1.79 bits per heavy atom. The zero-order valence-electron chi connectivity index (χ0n) is 13.5. The summed E-state index contributed by atoms with van der Waals surface area (Å²) >= 11 is 1.31. The molecule has 1 aromatic carbocycles. The number of aromatic hydroxyl groups is 2. The van der Waals surface area contributed by atoms with E-state index in [1.165, 1.54) is 23.5 Å². The number of carbonyl (C=O) groups excluding carboxylic acids is 2. The van der Waals surface area contributed by atoms with Crippen molar-refractivity contribution in [1.29, 1.82) is 0 Å². The summed E-state index contributed by atoms with van der Waals surface area (Å²) < 4.78 is 5.02. The van der Waals surface area contributed by atoms with Gasteiger partial charge in [-0.1, -0.05) is 13.3 Å². The molecule has 0 fully saturated rings. The Morgan fingerprint density at radius 1 is 1.12 bits per heavy atom. The highest BCUT2D eigenvalue weighted by molar-refractivity contribution is 7.16. The smallest absolute Gasteiger partial charge is 0.341 e. The van der Waals surface area contributed by atoms with Gasteiger partial charge in [0.15, 0.2) is 0 Å². The molecule has 0 spiro atoms. The summed E-state index contributed by atoms with van der Waals surface area (Å²) in [6, 6.07) is 5.33. The van der Waals surface area contributed by atoms with E-state index < -0.39 is 11.9 Å². The normalized spacial score (nSPS) is 10.4. The molecule has 0 unspecified atom stereocenters. The first-order valence-electron chi connectivity index (χ1n) is 7.58. The molecule has 0 saturated heterocycles. The van der Waals surface area contributed by atoms with Crippen molar-refractivity contribution in [3.8, 4) is 11.5 Å². The van der Waals surface area contributed by atoms with Crippen molar-refractivity contribution in [2.24, 2.45) is 0 Å². The van der Waals surface area contributed by atoms with Gasteiger partial charge in [-0.3, -0.25) is 4.79 Å². The van der Waals surface area contributed by atoms with Crippen molar-refractivity contribution < 1.29 is 24.5 Å². The minimum atomic E-state index is -0.531. The first-order chi connectivity index (χ1) is 11.4. The van der Waals surface area contributed by atoms with Crippen LogP contribution < -0.4 is 5.32 Å². The van der Waals surface area contributed by atoms with Crippen LogP contribution in [0.25, 0.3) is 0 Å². The number of benzene rings is 1. The lowest BCUT2D eigenvalue weighted by Crippen LogP contribution is -2.14. The summed E-state index contributed by atoms with van der Waals surface area (Å²) in [6.07, 6.45) is 1.70. The van der Waals surface area contributed by atoms with Crippen molar-refractivity contribution in [3.05, 3.63) is 40.3 Å². The highest BCUT2D eigenvalue weighted by Crippen LogP contribution is 2.31. The Hall–Kier alpha value is -2.54. The largest absolute Gasteiger partial charge is 0.508 e. The molecule has 1 heterocycles.